The van der Waals surface area contributed by atoms with Crippen LogP contribution in [-0.4, -0.2) is 12.1 Å². The molecule has 0 aliphatic carbocycles. The Morgan fingerprint density at radius 1 is 1.31 bits per heavy atom. The number of aryl methyl sites for hydroxylation is 2. The van der Waals surface area contributed by atoms with E-state index < -0.39 is 0 Å². The second-order valence-corrected chi connectivity index (χ2v) is 5.52. The topological polar surface area (TPSA) is 22.1 Å². The van der Waals surface area contributed by atoms with Crippen molar-refractivity contribution in [3.63, 3.8) is 0 Å². The normalized spacial score (nSPS) is 10.5. The van der Waals surface area contributed by atoms with Gasteiger partial charge in [-0.05, 0) is 41.9 Å². The SMILES string of the molecule is COc1ccc(C)cc1-c1nc(Br)c(C)s1. The quantitative estimate of drug-likeness (QED) is 0.829. The van der Waals surface area contributed by atoms with Gasteiger partial charge in [-0.15, -0.1) is 11.3 Å². The van der Waals surface area contributed by atoms with Gasteiger partial charge in [-0.3, -0.25) is 0 Å². The number of methoxy groups -OCH3 is 1. The number of halogens is 1. The van der Waals surface area contributed by atoms with E-state index in [0.717, 1.165) is 20.9 Å². The third-order valence-electron chi connectivity index (χ3n) is 2.33. The molecule has 4 heteroatoms. The van der Waals surface area contributed by atoms with E-state index in [0.29, 0.717) is 0 Å². The van der Waals surface area contributed by atoms with E-state index in [1.807, 2.05) is 19.1 Å². The number of rotatable bonds is 2. The largest absolute Gasteiger partial charge is 0.496 e. The highest BCUT2D eigenvalue weighted by molar-refractivity contribution is 9.10. The summed E-state index contributed by atoms with van der Waals surface area (Å²) in [6.45, 7) is 4.12. The zero-order valence-electron chi connectivity index (χ0n) is 9.37. The van der Waals surface area contributed by atoms with Crippen LogP contribution in [0.1, 0.15) is 10.4 Å². The molecule has 0 atom stereocenters. The van der Waals surface area contributed by atoms with Gasteiger partial charge in [0, 0.05) is 4.88 Å². The fourth-order valence-electron chi connectivity index (χ4n) is 1.48. The van der Waals surface area contributed by atoms with Crippen molar-refractivity contribution in [3.8, 4) is 16.3 Å². The predicted molar refractivity (Wildman–Crippen MR) is 71.3 cm³/mol. The maximum atomic E-state index is 5.36. The van der Waals surface area contributed by atoms with Crippen molar-refractivity contribution in [2.45, 2.75) is 13.8 Å². The standard InChI is InChI=1S/C12H12BrNOS/c1-7-4-5-10(15-3)9(6-7)12-14-11(13)8(2)16-12/h4-6H,1-3H3. The summed E-state index contributed by atoms with van der Waals surface area (Å²) in [4.78, 5) is 5.66. The number of ether oxygens (including phenoxy) is 1. The van der Waals surface area contributed by atoms with Gasteiger partial charge < -0.3 is 4.74 Å². The second-order valence-electron chi connectivity index (χ2n) is 3.57. The van der Waals surface area contributed by atoms with E-state index in [2.05, 4.69) is 33.9 Å². The minimum atomic E-state index is 0.867. The highest BCUT2D eigenvalue weighted by atomic mass is 79.9. The fraction of sp³-hybridized carbons (Fsp3) is 0.250. The third-order valence-corrected chi connectivity index (χ3v) is 4.36. The van der Waals surface area contributed by atoms with Crippen LogP contribution in [0.5, 0.6) is 5.75 Å². The van der Waals surface area contributed by atoms with Crippen molar-refractivity contribution >= 4 is 27.3 Å². The zero-order valence-corrected chi connectivity index (χ0v) is 11.8. The summed E-state index contributed by atoms with van der Waals surface area (Å²) in [5.74, 6) is 0.867. The van der Waals surface area contributed by atoms with Crippen LogP contribution in [0.4, 0.5) is 0 Å². The van der Waals surface area contributed by atoms with Crippen LogP contribution in [0, 0.1) is 13.8 Å². The van der Waals surface area contributed by atoms with E-state index in [1.165, 1.54) is 10.4 Å². The van der Waals surface area contributed by atoms with Crippen LogP contribution in [0.25, 0.3) is 10.6 Å². The Kier molecular flexibility index (Phi) is 3.30. The molecule has 0 amide bonds. The molecule has 2 nitrogen and oxygen atoms in total. The molecule has 2 aromatic rings. The average molecular weight is 298 g/mol. The molecular weight excluding hydrogens is 286 g/mol. The molecule has 16 heavy (non-hydrogen) atoms. The van der Waals surface area contributed by atoms with Crippen molar-refractivity contribution in [1.82, 2.24) is 4.98 Å². The second kappa shape index (κ2) is 4.55. The Morgan fingerprint density at radius 3 is 2.62 bits per heavy atom. The molecule has 0 radical (unpaired) electrons. The lowest BCUT2D eigenvalue weighted by molar-refractivity contribution is 0.416. The molecule has 2 rings (SSSR count). The Labute approximate surface area is 107 Å². The number of hydrogen-bond acceptors (Lipinski definition) is 3. The Bertz CT molecular complexity index is 502. The summed E-state index contributed by atoms with van der Waals surface area (Å²) in [6.07, 6.45) is 0. The highest BCUT2D eigenvalue weighted by Gasteiger charge is 2.12. The molecule has 84 valence electrons. The molecule has 1 heterocycles. The van der Waals surface area contributed by atoms with Gasteiger partial charge in [0.15, 0.2) is 0 Å². The first kappa shape index (κ1) is 11.6. The maximum absolute atomic E-state index is 5.36. The Hall–Kier alpha value is -0.870. The summed E-state index contributed by atoms with van der Waals surface area (Å²) in [7, 11) is 1.68. The lowest BCUT2D eigenvalue weighted by Gasteiger charge is -2.06. The summed E-state index contributed by atoms with van der Waals surface area (Å²) in [5, 5.41) is 0.991. The molecule has 0 spiro atoms. The van der Waals surface area contributed by atoms with Gasteiger partial charge in [-0.1, -0.05) is 11.6 Å². The van der Waals surface area contributed by atoms with E-state index in [1.54, 1.807) is 18.4 Å². The molecule has 0 aliphatic rings. The van der Waals surface area contributed by atoms with Gasteiger partial charge in [0.25, 0.3) is 0 Å². The van der Waals surface area contributed by atoms with Gasteiger partial charge in [0.2, 0.25) is 0 Å². The van der Waals surface area contributed by atoms with Crippen LogP contribution in [0.2, 0.25) is 0 Å². The molecule has 0 bridgehead atoms. The minimum Gasteiger partial charge on any atom is -0.496 e. The zero-order chi connectivity index (χ0) is 11.7. The van der Waals surface area contributed by atoms with E-state index >= 15 is 0 Å². The molecular formula is C12H12BrNOS. The van der Waals surface area contributed by atoms with Crippen molar-refractivity contribution in [3.05, 3.63) is 33.2 Å². The fourth-order valence-corrected chi connectivity index (χ4v) is 2.85. The third kappa shape index (κ3) is 2.13. The van der Waals surface area contributed by atoms with Crippen molar-refractivity contribution in [1.29, 1.82) is 0 Å². The van der Waals surface area contributed by atoms with Crippen LogP contribution >= 0.6 is 27.3 Å². The summed E-state index contributed by atoms with van der Waals surface area (Å²) in [6, 6.07) is 6.12. The number of aromatic nitrogens is 1. The molecule has 0 fully saturated rings. The minimum absolute atomic E-state index is 0.867. The molecule has 1 aromatic carbocycles. The maximum Gasteiger partial charge on any atom is 0.129 e. The molecule has 0 saturated heterocycles. The first-order valence-corrected chi connectivity index (χ1v) is 6.50. The number of nitrogens with zero attached hydrogens (tertiary/aromatic N) is 1. The van der Waals surface area contributed by atoms with Crippen molar-refractivity contribution < 1.29 is 4.74 Å². The number of thiazole rings is 1. The van der Waals surface area contributed by atoms with Gasteiger partial charge >= 0.3 is 0 Å². The first-order valence-electron chi connectivity index (χ1n) is 4.89. The van der Waals surface area contributed by atoms with Gasteiger partial charge in [0.05, 0.1) is 12.7 Å². The highest BCUT2D eigenvalue weighted by Crippen LogP contribution is 2.36. The molecule has 0 saturated carbocycles. The van der Waals surface area contributed by atoms with Crippen molar-refractivity contribution in [2.24, 2.45) is 0 Å². The lowest BCUT2D eigenvalue weighted by atomic mass is 10.1. The van der Waals surface area contributed by atoms with E-state index in [4.69, 9.17) is 4.74 Å². The molecule has 0 aliphatic heterocycles. The van der Waals surface area contributed by atoms with Crippen molar-refractivity contribution in [2.75, 3.05) is 7.11 Å². The van der Waals surface area contributed by atoms with Gasteiger partial charge in [-0.2, -0.15) is 0 Å². The predicted octanol–water partition coefficient (Wildman–Crippen LogP) is 4.20. The van der Waals surface area contributed by atoms with Gasteiger partial charge in [0.1, 0.15) is 15.4 Å². The lowest BCUT2D eigenvalue weighted by Crippen LogP contribution is -1.88. The monoisotopic (exact) mass is 297 g/mol. The Morgan fingerprint density at radius 2 is 2.06 bits per heavy atom. The average Bonchev–Trinajstić information content (AvgIpc) is 2.59. The van der Waals surface area contributed by atoms with Crippen LogP contribution in [0.15, 0.2) is 22.8 Å². The summed E-state index contributed by atoms with van der Waals surface area (Å²) >= 11 is 5.10. The molecule has 1 aromatic heterocycles. The van der Waals surface area contributed by atoms with E-state index in [-0.39, 0.29) is 0 Å². The number of benzene rings is 1. The molecule has 0 unspecified atom stereocenters. The molecule has 0 N–H and O–H groups in total. The Balaban J connectivity index is 2.57. The van der Waals surface area contributed by atoms with Crippen LogP contribution in [-0.2, 0) is 0 Å². The first-order chi connectivity index (χ1) is 7.61. The van der Waals surface area contributed by atoms with Gasteiger partial charge in [-0.25, -0.2) is 4.98 Å². The smallest absolute Gasteiger partial charge is 0.129 e. The van der Waals surface area contributed by atoms with Crippen LogP contribution < -0.4 is 4.74 Å². The van der Waals surface area contributed by atoms with E-state index in [9.17, 15) is 0 Å². The van der Waals surface area contributed by atoms with Crippen LogP contribution in [0.3, 0.4) is 0 Å². The number of hydrogen-bond donors (Lipinski definition) is 0. The summed E-state index contributed by atoms with van der Waals surface area (Å²) in [5.41, 5.74) is 2.26. The summed E-state index contributed by atoms with van der Waals surface area (Å²) < 4.78 is 6.27.